The number of aliphatic carboxylic acids is 1. The summed E-state index contributed by atoms with van der Waals surface area (Å²) in [5.41, 5.74) is 0.111. The first-order valence-electron chi connectivity index (χ1n) is 6.70. The maximum atomic E-state index is 12.3. The van der Waals surface area contributed by atoms with Crippen LogP contribution < -0.4 is 10.1 Å². The van der Waals surface area contributed by atoms with Gasteiger partial charge in [-0.05, 0) is 25.1 Å². The van der Waals surface area contributed by atoms with E-state index >= 15 is 0 Å². The Morgan fingerprint density at radius 1 is 1.32 bits per heavy atom. The van der Waals surface area contributed by atoms with Gasteiger partial charge in [0.1, 0.15) is 5.75 Å². The number of alkyl halides is 2. The number of anilines is 1. The van der Waals surface area contributed by atoms with E-state index in [9.17, 15) is 18.4 Å². The smallest absolute Gasteiger partial charge is 0.387 e. The number of carbonyl (C=O) groups is 2. The Labute approximate surface area is 126 Å². The van der Waals surface area contributed by atoms with E-state index < -0.39 is 18.5 Å². The van der Waals surface area contributed by atoms with Gasteiger partial charge < -0.3 is 15.2 Å². The standard InChI is InChI=1S/C14H18F2N2O4/c1-2-7-18(9-13(20)21)8-12(19)17-10-5-3-4-6-11(10)22-14(15)16/h3-6,14H,2,7-9H2,1H3,(H,17,19)(H,20,21). The van der Waals surface area contributed by atoms with Gasteiger partial charge in [0.15, 0.2) is 0 Å². The minimum absolute atomic E-state index is 0.111. The summed E-state index contributed by atoms with van der Waals surface area (Å²) in [5, 5.41) is 11.2. The van der Waals surface area contributed by atoms with Crippen LogP contribution >= 0.6 is 0 Å². The zero-order chi connectivity index (χ0) is 16.5. The molecule has 0 fully saturated rings. The summed E-state index contributed by atoms with van der Waals surface area (Å²) in [7, 11) is 0. The summed E-state index contributed by atoms with van der Waals surface area (Å²) >= 11 is 0. The summed E-state index contributed by atoms with van der Waals surface area (Å²) in [6.07, 6.45) is 0.686. The van der Waals surface area contributed by atoms with E-state index in [4.69, 9.17) is 5.11 Å². The second-order valence-corrected chi connectivity index (χ2v) is 4.53. The van der Waals surface area contributed by atoms with Gasteiger partial charge in [-0.15, -0.1) is 0 Å². The fourth-order valence-corrected chi connectivity index (χ4v) is 1.88. The number of hydrogen-bond donors (Lipinski definition) is 2. The van der Waals surface area contributed by atoms with Crippen molar-refractivity contribution < 1.29 is 28.2 Å². The minimum atomic E-state index is -3.00. The van der Waals surface area contributed by atoms with E-state index in [1.807, 2.05) is 6.92 Å². The third kappa shape index (κ3) is 6.49. The highest BCUT2D eigenvalue weighted by molar-refractivity contribution is 5.93. The van der Waals surface area contributed by atoms with Gasteiger partial charge >= 0.3 is 12.6 Å². The second-order valence-electron chi connectivity index (χ2n) is 4.53. The number of rotatable bonds is 9. The molecule has 8 heteroatoms. The third-order valence-electron chi connectivity index (χ3n) is 2.64. The largest absolute Gasteiger partial charge is 0.480 e. The van der Waals surface area contributed by atoms with Crippen molar-refractivity contribution in [2.24, 2.45) is 0 Å². The highest BCUT2D eigenvalue weighted by Gasteiger charge is 2.15. The number of para-hydroxylation sites is 2. The van der Waals surface area contributed by atoms with Crippen LogP contribution in [-0.2, 0) is 9.59 Å². The predicted molar refractivity (Wildman–Crippen MR) is 76.1 cm³/mol. The summed E-state index contributed by atoms with van der Waals surface area (Å²) in [6.45, 7) is -1.12. The lowest BCUT2D eigenvalue weighted by Crippen LogP contribution is -2.37. The first-order valence-corrected chi connectivity index (χ1v) is 6.70. The number of carboxylic acids is 1. The van der Waals surface area contributed by atoms with Crippen LogP contribution in [0, 0.1) is 0 Å². The minimum Gasteiger partial charge on any atom is -0.480 e. The summed E-state index contributed by atoms with van der Waals surface area (Å²) in [5.74, 6) is -1.69. The first-order chi connectivity index (χ1) is 10.4. The number of nitrogens with zero attached hydrogens (tertiary/aromatic N) is 1. The number of carbonyl (C=O) groups excluding carboxylic acids is 1. The van der Waals surface area contributed by atoms with Crippen LogP contribution in [0.15, 0.2) is 24.3 Å². The second kappa shape index (κ2) is 8.93. The molecule has 0 atom stereocenters. The van der Waals surface area contributed by atoms with E-state index in [-0.39, 0.29) is 24.5 Å². The van der Waals surface area contributed by atoms with Gasteiger partial charge in [0.2, 0.25) is 5.91 Å². The number of halogens is 2. The van der Waals surface area contributed by atoms with Gasteiger partial charge in [-0.2, -0.15) is 8.78 Å². The molecule has 1 aromatic rings. The van der Waals surface area contributed by atoms with Gasteiger partial charge in [0.05, 0.1) is 18.8 Å². The number of benzene rings is 1. The van der Waals surface area contributed by atoms with Gasteiger partial charge in [0, 0.05) is 0 Å². The zero-order valence-electron chi connectivity index (χ0n) is 12.1. The number of nitrogens with one attached hydrogen (secondary N) is 1. The molecule has 0 spiro atoms. The van der Waals surface area contributed by atoms with Crippen molar-refractivity contribution in [3.63, 3.8) is 0 Å². The molecule has 1 rings (SSSR count). The van der Waals surface area contributed by atoms with E-state index in [0.717, 1.165) is 0 Å². The Balaban J connectivity index is 2.69. The number of hydrogen-bond acceptors (Lipinski definition) is 4. The predicted octanol–water partition coefficient (Wildman–Crippen LogP) is 2.02. The van der Waals surface area contributed by atoms with Gasteiger partial charge in [0.25, 0.3) is 0 Å². The lowest BCUT2D eigenvalue weighted by Gasteiger charge is -2.19. The Hall–Kier alpha value is -2.22. The molecule has 0 aromatic heterocycles. The number of ether oxygens (including phenoxy) is 1. The Morgan fingerprint density at radius 2 is 2.00 bits per heavy atom. The highest BCUT2D eigenvalue weighted by atomic mass is 19.3. The Morgan fingerprint density at radius 3 is 2.59 bits per heavy atom. The third-order valence-corrected chi connectivity index (χ3v) is 2.64. The summed E-state index contributed by atoms with van der Waals surface area (Å²) in [6, 6.07) is 5.80. The maximum absolute atomic E-state index is 12.3. The highest BCUT2D eigenvalue weighted by Crippen LogP contribution is 2.25. The van der Waals surface area contributed by atoms with Crippen LogP contribution in [0.5, 0.6) is 5.75 Å². The topological polar surface area (TPSA) is 78.9 Å². The van der Waals surface area contributed by atoms with Crippen LogP contribution in [0.4, 0.5) is 14.5 Å². The number of carboxylic acid groups (broad SMARTS) is 1. The quantitative estimate of drug-likeness (QED) is 0.729. The molecule has 0 aliphatic rings. The molecule has 0 saturated carbocycles. The molecular formula is C14H18F2N2O4. The molecular weight excluding hydrogens is 298 g/mol. The average Bonchev–Trinajstić information content (AvgIpc) is 2.39. The zero-order valence-corrected chi connectivity index (χ0v) is 12.1. The van der Waals surface area contributed by atoms with Crippen molar-refractivity contribution >= 4 is 17.6 Å². The normalized spacial score (nSPS) is 10.8. The van der Waals surface area contributed by atoms with Crippen molar-refractivity contribution in [2.45, 2.75) is 20.0 Å². The molecule has 0 saturated heterocycles. The monoisotopic (exact) mass is 316 g/mol. The van der Waals surface area contributed by atoms with Gasteiger partial charge in [-0.25, -0.2) is 0 Å². The van der Waals surface area contributed by atoms with Crippen LogP contribution in [0.1, 0.15) is 13.3 Å². The average molecular weight is 316 g/mol. The van der Waals surface area contributed by atoms with Crippen LogP contribution in [0.25, 0.3) is 0 Å². The molecule has 0 bridgehead atoms. The molecule has 0 aliphatic carbocycles. The first kappa shape index (κ1) is 17.8. The molecule has 122 valence electrons. The van der Waals surface area contributed by atoms with Crippen molar-refractivity contribution in [3.05, 3.63) is 24.3 Å². The molecule has 0 unspecified atom stereocenters. The summed E-state index contributed by atoms with van der Waals surface area (Å²) in [4.78, 5) is 24.1. The Kier molecular flexibility index (Phi) is 7.24. The van der Waals surface area contributed by atoms with E-state index in [2.05, 4.69) is 10.1 Å². The molecule has 6 nitrogen and oxygen atoms in total. The lowest BCUT2D eigenvalue weighted by atomic mass is 10.3. The van der Waals surface area contributed by atoms with Crippen molar-refractivity contribution in [3.8, 4) is 5.75 Å². The van der Waals surface area contributed by atoms with Crippen LogP contribution in [0.3, 0.4) is 0 Å². The molecule has 2 N–H and O–H groups in total. The van der Waals surface area contributed by atoms with Crippen molar-refractivity contribution in [1.29, 1.82) is 0 Å². The molecule has 0 heterocycles. The maximum Gasteiger partial charge on any atom is 0.387 e. The SMILES string of the molecule is CCCN(CC(=O)O)CC(=O)Nc1ccccc1OC(F)F. The molecule has 0 aliphatic heterocycles. The fraction of sp³-hybridized carbons (Fsp3) is 0.429. The van der Waals surface area contributed by atoms with E-state index in [0.29, 0.717) is 13.0 Å². The molecule has 1 amide bonds. The molecule has 22 heavy (non-hydrogen) atoms. The van der Waals surface area contributed by atoms with E-state index in [1.165, 1.54) is 23.1 Å². The van der Waals surface area contributed by atoms with E-state index in [1.54, 1.807) is 6.07 Å². The van der Waals surface area contributed by atoms with Crippen LogP contribution in [0.2, 0.25) is 0 Å². The van der Waals surface area contributed by atoms with Crippen molar-refractivity contribution in [2.75, 3.05) is 25.0 Å². The molecule has 1 aromatic carbocycles. The molecule has 0 radical (unpaired) electrons. The number of amides is 1. The van der Waals surface area contributed by atoms with Gasteiger partial charge in [-0.1, -0.05) is 19.1 Å². The summed E-state index contributed by atoms with van der Waals surface area (Å²) < 4.78 is 28.9. The van der Waals surface area contributed by atoms with Crippen LogP contribution in [-0.4, -0.2) is 48.1 Å². The van der Waals surface area contributed by atoms with Crippen molar-refractivity contribution in [1.82, 2.24) is 4.90 Å². The van der Waals surface area contributed by atoms with Gasteiger partial charge in [-0.3, -0.25) is 14.5 Å². The Bertz CT molecular complexity index is 511. The fourth-order valence-electron chi connectivity index (χ4n) is 1.88. The lowest BCUT2D eigenvalue weighted by molar-refractivity contribution is -0.138.